The van der Waals surface area contributed by atoms with Gasteiger partial charge < -0.3 is 5.11 Å². The van der Waals surface area contributed by atoms with E-state index in [1.54, 1.807) is 12.1 Å². The van der Waals surface area contributed by atoms with E-state index in [0.717, 1.165) is 10.0 Å². The summed E-state index contributed by atoms with van der Waals surface area (Å²) in [6, 6.07) is 12.2. The lowest BCUT2D eigenvalue weighted by atomic mass is 9.92. The minimum Gasteiger partial charge on any atom is -0.481 e. The molecule has 0 aliphatic heterocycles. The molecule has 0 spiro atoms. The minimum absolute atomic E-state index is 0.273. The van der Waals surface area contributed by atoms with Crippen LogP contribution in [0.5, 0.6) is 0 Å². The molecule has 0 aromatic heterocycles. The normalized spacial score (nSPS) is 12.1. The number of benzene rings is 2. The summed E-state index contributed by atoms with van der Waals surface area (Å²) in [6.45, 7) is 0. The third kappa shape index (κ3) is 4.14. The first-order valence-corrected chi connectivity index (χ1v) is 7.96. The highest BCUT2D eigenvalue weighted by Gasteiger charge is 2.21. The van der Waals surface area contributed by atoms with Gasteiger partial charge in [-0.3, -0.25) is 4.79 Å². The average Bonchev–Trinajstić information content (AvgIpc) is 2.45. The van der Waals surface area contributed by atoms with Crippen LogP contribution in [-0.4, -0.2) is 11.1 Å². The Morgan fingerprint density at radius 3 is 2.33 bits per heavy atom. The van der Waals surface area contributed by atoms with Gasteiger partial charge in [-0.05, 0) is 52.0 Å². The Labute approximate surface area is 139 Å². The van der Waals surface area contributed by atoms with Gasteiger partial charge in [-0.15, -0.1) is 0 Å². The van der Waals surface area contributed by atoms with Gasteiger partial charge >= 0.3 is 5.97 Å². The van der Waals surface area contributed by atoms with Gasteiger partial charge in [0.15, 0.2) is 0 Å². The quantitative estimate of drug-likeness (QED) is 0.758. The first kappa shape index (κ1) is 16.2. The predicted molar refractivity (Wildman–Crippen MR) is 86.8 cm³/mol. The highest BCUT2D eigenvalue weighted by molar-refractivity contribution is 9.10. The molecule has 0 saturated heterocycles. The highest BCUT2D eigenvalue weighted by atomic mass is 79.9. The van der Waals surface area contributed by atoms with Gasteiger partial charge in [0, 0.05) is 4.47 Å². The third-order valence-electron chi connectivity index (χ3n) is 3.27. The van der Waals surface area contributed by atoms with E-state index in [9.17, 15) is 14.3 Å². The fourth-order valence-electron chi connectivity index (χ4n) is 2.15. The second-order valence-electron chi connectivity index (χ2n) is 4.75. The Balaban J connectivity index is 2.22. The predicted octanol–water partition coefficient (Wildman–Crippen LogP) is 4.84. The molecule has 0 aliphatic rings. The molecule has 0 amide bonds. The second kappa shape index (κ2) is 7.18. The summed E-state index contributed by atoms with van der Waals surface area (Å²) >= 11 is 6.60. The third-order valence-corrected chi connectivity index (χ3v) is 4.93. The molecule has 110 valence electrons. The van der Waals surface area contributed by atoms with Gasteiger partial charge in [-0.2, -0.15) is 0 Å². The van der Waals surface area contributed by atoms with Crippen molar-refractivity contribution >= 4 is 37.8 Å². The lowest BCUT2D eigenvalue weighted by Gasteiger charge is -2.15. The number of carboxylic acids is 1. The van der Waals surface area contributed by atoms with Gasteiger partial charge in [0.2, 0.25) is 0 Å². The first-order chi connectivity index (χ1) is 9.99. The van der Waals surface area contributed by atoms with Crippen molar-refractivity contribution in [3.8, 4) is 0 Å². The van der Waals surface area contributed by atoms with Crippen LogP contribution in [-0.2, 0) is 17.6 Å². The molecule has 1 atom stereocenters. The second-order valence-corrected chi connectivity index (χ2v) is 6.40. The monoisotopic (exact) mass is 414 g/mol. The fraction of sp³-hybridized carbons (Fsp3) is 0.188. The molecule has 2 rings (SSSR count). The van der Waals surface area contributed by atoms with E-state index in [4.69, 9.17) is 0 Å². The molecule has 0 aliphatic carbocycles. The zero-order chi connectivity index (χ0) is 15.4. The number of rotatable bonds is 5. The Bertz CT molecular complexity index is 658. The largest absolute Gasteiger partial charge is 0.481 e. The molecule has 1 N–H and O–H groups in total. The Morgan fingerprint density at radius 1 is 1.05 bits per heavy atom. The summed E-state index contributed by atoms with van der Waals surface area (Å²) in [5, 5.41) is 9.42. The summed E-state index contributed by atoms with van der Waals surface area (Å²) in [5.41, 5.74) is 1.59. The SMILES string of the molecule is O=C(O)C(Cc1ccccc1Br)Cc1cccc(F)c1Br. The molecule has 0 saturated carbocycles. The summed E-state index contributed by atoms with van der Waals surface area (Å²) < 4.78 is 14.7. The van der Waals surface area contributed by atoms with Crippen molar-refractivity contribution in [1.82, 2.24) is 0 Å². The maximum absolute atomic E-state index is 13.5. The number of hydrogen-bond acceptors (Lipinski definition) is 1. The van der Waals surface area contributed by atoms with E-state index in [1.165, 1.54) is 6.07 Å². The summed E-state index contributed by atoms with van der Waals surface area (Å²) in [7, 11) is 0. The van der Waals surface area contributed by atoms with Crippen LogP contribution >= 0.6 is 31.9 Å². The van der Waals surface area contributed by atoms with Crippen molar-refractivity contribution in [2.24, 2.45) is 5.92 Å². The number of carbonyl (C=O) groups is 1. The van der Waals surface area contributed by atoms with Crippen LogP contribution in [0.3, 0.4) is 0 Å². The molecule has 0 bridgehead atoms. The van der Waals surface area contributed by atoms with Crippen LogP contribution in [0.15, 0.2) is 51.4 Å². The van der Waals surface area contributed by atoms with Crippen molar-refractivity contribution in [1.29, 1.82) is 0 Å². The van der Waals surface area contributed by atoms with Crippen molar-refractivity contribution < 1.29 is 14.3 Å². The van der Waals surface area contributed by atoms with Gasteiger partial charge in [0.05, 0.1) is 10.4 Å². The summed E-state index contributed by atoms with van der Waals surface area (Å²) in [4.78, 5) is 11.5. The van der Waals surface area contributed by atoms with Gasteiger partial charge in [-0.1, -0.05) is 46.3 Å². The van der Waals surface area contributed by atoms with Crippen LogP contribution in [0.1, 0.15) is 11.1 Å². The molecule has 0 radical (unpaired) electrons. The molecular weight excluding hydrogens is 403 g/mol. The standard InChI is InChI=1S/C16H13Br2FO2/c17-13-6-2-1-4-10(13)8-12(16(20)21)9-11-5-3-7-14(19)15(11)18/h1-7,12H,8-9H2,(H,20,21). The van der Waals surface area contributed by atoms with Crippen LogP contribution in [0.2, 0.25) is 0 Å². The van der Waals surface area contributed by atoms with E-state index in [2.05, 4.69) is 31.9 Å². The molecule has 21 heavy (non-hydrogen) atoms. The van der Waals surface area contributed by atoms with Crippen LogP contribution in [0.25, 0.3) is 0 Å². The number of hydrogen-bond donors (Lipinski definition) is 1. The van der Waals surface area contributed by atoms with E-state index in [1.807, 2.05) is 24.3 Å². The Morgan fingerprint density at radius 2 is 1.67 bits per heavy atom. The summed E-state index contributed by atoms with van der Waals surface area (Å²) in [5.74, 6) is -1.87. The molecule has 2 aromatic carbocycles. The maximum Gasteiger partial charge on any atom is 0.307 e. The lowest BCUT2D eigenvalue weighted by molar-refractivity contribution is -0.141. The molecule has 1 unspecified atom stereocenters. The summed E-state index contributed by atoms with van der Waals surface area (Å²) in [6.07, 6.45) is 0.661. The van der Waals surface area contributed by atoms with Crippen molar-refractivity contribution in [2.45, 2.75) is 12.8 Å². The van der Waals surface area contributed by atoms with Crippen molar-refractivity contribution in [3.63, 3.8) is 0 Å². The number of carboxylic acid groups (broad SMARTS) is 1. The minimum atomic E-state index is -0.887. The maximum atomic E-state index is 13.5. The van der Waals surface area contributed by atoms with Crippen LogP contribution in [0.4, 0.5) is 4.39 Å². The van der Waals surface area contributed by atoms with Crippen molar-refractivity contribution in [2.75, 3.05) is 0 Å². The van der Waals surface area contributed by atoms with Crippen LogP contribution in [0, 0.1) is 11.7 Å². The zero-order valence-electron chi connectivity index (χ0n) is 11.0. The van der Waals surface area contributed by atoms with E-state index < -0.39 is 11.9 Å². The average molecular weight is 416 g/mol. The smallest absolute Gasteiger partial charge is 0.307 e. The molecular formula is C16H13Br2FO2. The van der Waals surface area contributed by atoms with Gasteiger partial charge in [0.25, 0.3) is 0 Å². The fourth-order valence-corrected chi connectivity index (χ4v) is 3.02. The highest BCUT2D eigenvalue weighted by Crippen LogP contribution is 2.26. The first-order valence-electron chi connectivity index (χ1n) is 6.38. The molecule has 0 heterocycles. The van der Waals surface area contributed by atoms with E-state index >= 15 is 0 Å². The molecule has 2 aromatic rings. The lowest BCUT2D eigenvalue weighted by Crippen LogP contribution is -2.19. The van der Waals surface area contributed by atoms with E-state index in [-0.39, 0.29) is 12.2 Å². The number of halogens is 3. The van der Waals surface area contributed by atoms with Gasteiger partial charge in [-0.25, -0.2) is 4.39 Å². The molecule has 2 nitrogen and oxygen atoms in total. The molecule has 0 fully saturated rings. The topological polar surface area (TPSA) is 37.3 Å². The Hall–Kier alpha value is -1.20. The van der Waals surface area contributed by atoms with Crippen molar-refractivity contribution in [3.05, 3.63) is 68.4 Å². The zero-order valence-corrected chi connectivity index (χ0v) is 14.2. The van der Waals surface area contributed by atoms with Gasteiger partial charge in [0.1, 0.15) is 5.82 Å². The van der Waals surface area contributed by atoms with E-state index in [0.29, 0.717) is 16.5 Å². The molecule has 5 heteroatoms. The number of aliphatic carboxylic acids is 1. The Kier molecular flexibility index (Phi) is 5.53. The van der Waals surface area contributed by atoms with Crippen LogP contribution < -0.4 is 0 Å².